The first-order valence-electron chi connectivity index (χ1n) is 16.9. The zero-order valence-corrected chi connectivity index (χ0v) is 29.8. The molecule has 7 atom stereocenters. The van der Waals surface area contributed by atoms with Crippen molar-refractivity contribution in [1.82, 2.24) is 31.1 Å². The average molecular weight is 711 g/mol. The Kier molecular flexibility index (Phi) is 14.5. The third-order valence-corrected chi connectivity index (χ3v) is 8.60. The Balaban J connectivity index is 2.11. The lowest BCUT2D eigenvalue weighted by Gasteiger charge is -2.34. The van der Waals surface area contributed by atoms with E-state index in [-0.39, 0.29) is 30.9 Å². The molecule has 0 aliphatic carbocycles. The molecule has 51 heavy (non-hydrogen) atoms. The number of hydrogen-bond donors (Lipinski definition) is 7. The fraction of sp³-hybridized carbons (Fsp3) is 0.500. The number of benzene rings is 2. The molecular formula is C36H50N6O9. The van der Waals surface area contributed by atoms with E-state index >= 15 is 0 Å². The number of aromatic hydroxyl groups is 1. The van der Waals surface area contributed by atoms with Gasteiger partial charge in [0.2, 0.25) is 35.4 Å². The van der Waals surface area contributed by atoms with Crippen LogP contribution in [0.1, 0.15) is 45.2 Å². The van der Waals surface area contributed by atoms with Crippen LogP contribution in [-0.2, 0) is 41.6 Å². The molecular weight excluding hydrogens is 660 g/mol. The number of nitrogens with zero attached hydrogens (tertiary/aromatic N) is 2. The third-order valence-electron chi connectivity index (χ3n) is 8.60. The van der Waals surface area contributed by atoms with E-state index < -0.39 is 84.4 Å². The second-order valence-corrected chi connectivity index (χ2v) is 13.5. The number of carbonyl (C=O) groups excluding carboxylic acids is 6. The molecule has 15 nitrogen and oxygen atoms in total. The molecule has 0 bridgehead atoms. The number of hydrogen-bond acceptors (Lipinski definition) is 9. The summed E-state index contributed by atoms with van der Waals surface area (Å²) in [6, 6.07) is 7.97. The van der Waals surface area contributed by atoms with Gasteiger partial charge in [-0.05, 0) is 49.4 Å². The molecule has 1 saturated heterocycles. The first kappa shape index (κ1) is 40.4. The number of amides is 6. The van der Waals surface area contributed by atoms with Gasteiger partial charge in [0.25, 0.3) is 0 Å². The van der Waals surface area contributed by atoms with E-state index in [9.17, 15) is 44.1 Å². The SMILES string of the molecule is CC(C)C[C@@H]1NC(=O)[C@H](Cc2ccccc2)NC(=O)[C@H]([C@@H](C)O)N(C)C(=O)CN(C)C(=O)[C@H]([C@@H](C)O)NC(=O)[C@H](Cc2ccc(O)cc2)NC1=O. The lowest BCUT2D eigenvalue weighted by atomic mass is 9.99. The monoisotopic (exact) mass is 710 g/mol. The van der Waals surface area contributed by atoms with E-state index in [2.05, 4.69) is 21.3 Å². The van der Waals surface area contributed by atoms with Crippen molar-refractivity contribution in [2.75, 3.05) is 20.6 Å². The molecule has 3 rings (SSSR count). The standard InChI is InChI=1S/C36H50N6O9/c1-20(2)16-26-32(47)38-28(18-24-12-14-25(45)15-13-24)34(49)40-30(21(3)43)36(51)41(5)19-29(46)42(6)31(22(4)44)35(50)39-27(33(48)37-26)17-23-10-8-7-9-11-23/h7-15,20-22,26-28,30-31,43-45H,16-19H2,1-6H3,(H,37,48)(H,38,47)(H,39,50)(H,40,49)/t21-,22-,26+,27+,28+,30+,31+/m1/s1. The summed E-state index contributed by atoms with van der Waals surface area (Å²) in [5.41, 5.74) is 1.23. The first-order chi connectivity index (χ1) is 24.0. The third kappa shape index (κ3) is 11.5. The molecule has 0 spiro atoms. The van der Waals surface area contributed by atoms with Crippen molar-refractivity contribution in [1.29, 1.82) is 0 Å². The molecule has 278 valence electrons. The highest BCUT2D eigenvalue weighted by molar-refractivity contribution is 5.98. The summed E-state index contributed by atoms with van der Waals surface area (Å²) in [6.07, 6.45) is -2.78. The Morgan fingerprint density at radius 2 is 1.16 bits per heavy atom. The molecule has 1 heterocycles. The van der Waals surface area contributed by atoms with Crippen LogP contribution in [-0.4, -0.2) is 124 Å². The van der Waals surface area contributed by atoms with Gasteiger partial charge in [-0.15, -0.1) is 0 Å². The minimum Gasteiger partial charge on any atom is -0.508 e. The Morgan fingerprint density at radius 1 is 0.667 bits per heavy atom. The van der Waals surface area contributed by atoms with Crippen molar-refractivity contribution in [3.05, 3.63) is 65.7 Å². The Bertz CT molecular complexity index is 1530. The summed E-state index contributed by atoms with van der Waals surface area (Å²) in [5, 5.41) is 41.5. The normalized spacial score (nSPS) is 24.5. The molecule has 0 saturated carbocycles. The van der Waals surface area contributed by atoms with Gasteiger partial charge in [-0.1, -0.05) is 56.3 Å². The molecule has 1 aliphatic rings. The second-order valence-electron chi connectivity index (χ2n) is 13.5. The van der Waals surface area contributed by atoms with Crippen LogP contribution in [0.5, 0.6) is 5.75 Å². The highest BCUT2D eigenvalue weighted by Gasteiger charge is 2.38. The van der Waals surface area contributed by atoms with Gasteiger partial charge in [-0.3, -0.25) is 28.8 Å². The van der Waals surface area contributed by atoms with E-state index in [4.69, 9.17) is 0 Å². The van der Waals surface area contributed by atoms with Crippen molar-refractivity contribution in [2.45, 2.75) is 89.4 Å². The van der Waals surface area contributed by atoms with Gasteiger partial charge in [0.05, 0.1) is 18.8 Å². The van der Waals surface area contributed by atoms with E-state index in [1.54, 1.807) is 42.5 Å². The van der Waals surface area contributed by atoms with Gasteiger partial charge in [-0.25, -0.2) is 0 Å². The number of carbonyl (C=O) groups is 6. The number of rotatable bonds is 8. The largest absolute Gasteiger partial charge is 0.508 e. The van der Waals surface area contributed by atoms with Crippen LogP contribution in [0.25, 0.3) is 0 Å². The molecule has 7 N–H and O–H groups in total. The molecule has 1 fully saturated rings. The lowest BCUT2D eigenvalue weighted by Crippen LogP contribution is -2.63. The zero-order chi connectivity index (χ0) is 38.0. The summed E-state index contributed by atoms with van der Waals surface area (Å²) in [5.74, 6) is -4.82. The summed E-state index contributed by atoms with van der Waals surface area (Å²) < 4.78 is 0. The number of aliphatic hydroxyl groups is 2. The minimum atomic E-state index is -1.54. The molecule has 0 aromatic heterocycles. The van der Waals surface area contributed by atoms with Crippen LogP contribution in [0.2, 0.25) is 0 Å². The van der Waals surface area contributed by atoms with Gasteiger partial charge in [0.15, 0.2) is 0 Å². The second kappa shape index (κ2) is 18.3. The maximum absolute atomic E-state index is 14.0. The lowest BCUT2D eigenvalue weighted by molar-refractivity contribution is -0.148. The number of aliphatic hydroxyl groups excluding tert-OH is 2. The van der Waals surface area contributed by atoms with E-state index in [0.717, 1.165) is 9.80 Å². The van der Waals surface area contributed by atoms with Gasteiger partial charge in [0.1, 0.15) is 36.0 Å². The molecule has 0 unspecified atom stereocenters. The maximum Gasteiger partial charge on any atom is 0.248 e. The van der Waals surface area contributed by atoms with Crippen molar-refractivity contribution >= 4 is 35.4 Å². The Hall–Kier alpha value is -5.02. The van der Waals surface area contributed by atoms with Gasteiger partial charge in [0, 0.05) is 26.9 Å². The smallest absolute Gasteiger partial charge is 0.248 e. The molecule has 15 heteroatoms. The highest BCUT2D eigenvalue weighted by atomic mass is 16.3. The van der Waals surface area contributed by atoms with E-state index in [1.165, 1.54) is 40.1 Å². The fourth-order valence-corrected chi connectivity index (χ4v) is 5.79. The predicted octanol–water partition coefficient (Wildman–Crippen LogP) is -0.777. The summed E-state index contributed by atoms with van der Waals surface area (Å²) in [4.78, 5) is 84.3. The van der Waals surface area contributed by atoms with Crippen molar-refractivity contribution in [3.63, 3.8) is 0 Å². The Labute approximate surface area is 297 Å². The highest BCUT2D eigenvalue weighted by Crippen LogP contribution is 2.15. The quantitative estimate of drug-likeness (QED) is 0.183. The number of nitrogens with one attached hydrogen (secondary N) is 4. The Morgan fingerprint density at radius 3 is 1.69 bits per heavy atom. The average Bonchev–Trinajstić information content (AvgIpc) is 3.06. The molecule has 6 amide bonds. The minimum absolute atomic E-state index is 0.00246. The predicted molar refractivity (Wildman–Crippen MR) is 187 cm³/mol. The van der Waals surface area contributed by atoms with E-state index in [1.807, 2.05) is 13.8 Å². The van der Waals surface area contributed by atoms with Gasteiger partial charge in [-0.2, -0.15) is 0 Å². The van der Waals surface area contributed by atoms with Gasteiger partial charge >= 0.3 is 0 Å². The van der Waals surface area contributed by atoms with Crippen LogP contribution >= 0.6 is 0 Å². The molecule has 1 aliphatic heterocycles. The van der Waals surface area contributed by atoms with Crippen LogP contribution < -0.4 is 21.3 Å². The maximum atomic E-state index is 14.0. The van der Waals surface area contributed by atoms with Crippen molar-refractivity contribution in [3.8, 4) is 5.75 Å². The number of likely N-dealkylation sites (N-methyl/N-ethyl adjacent to an activating group) is 2. The van der Waals surface area contributed by atoms with Gasteiger partial charge < -0.3 is 46.4 Å². The summed E-state index contributed by atoms with van der Waals surface area (Å²) >= 11 is 0. The first-order valence-corrected chi connectivity index (χ1v) is 16.9. The molecule has 2 aromatic carbocycles. The topological polar surface area (TPSA) is 218 Å². The van der Waals surface area contributed by atoms with Crippen LogP contribution in [0.15, 0.2) is 54.6 Å². The van der Waals surface area contributed by atoms with Crippen molar-refractivity contribution in [2.24, 2.45) is 5.92 Å². The van der Waals surface area contributed by atoms with Crippen molar-refractivity contribution < 1.29 is 44.1 Å². The molecule has 2 aromatic rings. The fourth-order valence-electron chi connectivity index (χ4n) is 5.79. The van der Waals surface area contributed by atoms with Crippen LogP contribution in [0.3, 0.4) is 0 Å². The van der Waals surface area contributed by atoms with E-state index in [0.29, 0.717) is 11.1 Å². The number of phenolic OH excluding ortho intramolecular Hbond substituents is 1. The summed E-state index contributed by atoms with van der Waals surface area (Å²) in [6.45, 7) is 5.66. The zero-order valence-electron chi connectivity index (χ0n) is 29.8. The number of phenols is 1. The summed E-state index contributed by atoms with van der Waals surface area (Å²) in [7, 11) is 2.55. The van der Waals surface area contributed by atoms with Crippen LogP contribution in [0.4, 0.5) is 0 Å². The van der Waals surface area contributed by atoms with Crippen LogP contribution in [0, 0.1) is 5.92 Å². The molecule has 0 radical (unpaired) electrons.